The molecular formula is C26H37ClO2Si. The molecule has 2 nitrogen and oxygen atoms in total. The summed E-state index contributed by atoms with van der Waals surface area (Å²) in [5.41, 5.74) is 0.848. The van der Waals surface area contributed by atoms with Crippen molar-refractivity contribution in [1.29, 1.82) is 0 Å². The Morgan fingerprint density at radius 3 is 2.30 bits per heavy atom. The van der Waals surface area contributed by atoms with E-state index >= 15 is 0 Å². The predicted molar refractivity (Wildman–Crippen MR) is 132 cm³/mol. The highest BCUT2D eigenvalue weighted by molar-refractivity contribution is 6.91. The zero-order valence-corrected chi connectivity index (χ0v) is 20.8. The van der Waals surface area contributed by atoms with Crippen LogP contribution in [0.1, 0.15) is 69.2 Å². The van der Waals surface area contributed by atoms with E-state index in [-0.39, 0.29) is 12.1 Å². The van der Waals surface area contributed by atoms with E-state index in [2.05, 4.69) is 57.3 Å². The van der Waals surface area contributed by atoms with Crippen LogP contribution in [0.4, 0.5) is 0 Å². The summed E-state index contributed by atoms with van der Waals surface area (Å²) in [5, 5.41) is 1.97. The number of carbonyl (C=O) groups is 1. The molecule has 0 aliphatic carbocycles. The maximum atomic E-state index is 12.9. The Balaban J connectivity index is 2.12. The lowest BCUT2D eigenvalue weighted by atomic mass is 10.1. The molecule has 0 saturated carbocycles. The third kappa shape index (κ3) is 7.28. The number of rotatable bonds is 12. The summed E-state index contributed by atoms with van der Waals surface area (Å²) < 4.78 is 6.13. The third-order valence-electron chi connectivity index (χ3n) is 6.37. The lowest BCUT2D eigenvalue weighted by Crippen LogP contribution is -2.49. The van der Waals surface area contributed by atoms with Crippen molar-refractivity contribution in [1.82, 2.24) is 0 Å². The first-order chi connectivity index (χ1) is 14.4. The Morgan fingerprint density at radius 2 is 1.63 bits per heavy atom. The van der Waals surface area contributed by atoms with Crippen molar-refractivity contribution in [2.75, 3.05) is 0 Å². The Hall–Kier alpha value is -1.58. The summed E-state index contributed by atoms with van der Waals surface area (Å²) in [7, 11) is -1.81. The molecule has 2 aromatic rings. The van der Waals surface area contributed by atoms with Gasteiger partial charge in [0.1, 0.15) is 6.10 Å². The molecule has 0 aliphatic heterocycles. The highest BCUT2D eigenvalue weighted by Crippen LogP contribution is 2.31. The number of hydrogen-bond donors (Lipinski definition) is 0. The lowest BCUT2D eigenvalue weighted by Gasteiger charge is -2.36. The van der Waals surface area contributed by atoms with Gasteiger partial charge in [0.25, 0.3) is 0 Å². The van der Waals surface area contributed by atoms with Gasteiger partial charge in [0.15, 0.2) is 0 Å². The first-order valence-electron chi connectivity index (χ1n) is 11.4. The fraction of sp³-hybridized carbons (Fsp3) is 0.500. The second kappa shape index (κ2) is 12.3. The van der Waals surface area contributed by atoms with Crippen LogP contribution in [0.15, 0.2) is 54.6 Å². The Bertz CT molecular complexity index is 776. The van der Waals surface area contributed by atoms with E-state index < -0.39 is 8.07 Å². The zero-order chi connectivity index (χ0) is 22.0. The van der Waals surface area contributed by atoms with E-state index in [0.717, 1.165) is 12.8 Å². The molecule has 0 aromatic heterocycles. The van der Waals surface area contributed by atoms with Crippen molar-refractivity contribution < 1.29 is 9.53 Å². The van der Waals surface area contributed by atoms with Gasteiger partial charge in [-0.3, -0.25) is 0 Å². The molecule has 0 heterocycles. The quantitative estimate of drug-likeness (QED) is 0.191. The van der Waals surface area contributed by atoms with E-state index in [1.54, 1.807) is 24.3 Å². The number of benzene rings is 2. The summed E-state index contributed by atoms with van der Waals surface area (Å²) in [5.74, 6) is -0.266. The van der Waals surface area contributed by atoms with Crippen LogP contribution in [0.25, 0.3) is 0 Å². The van der Waals surface area contributed by atoms with Crippen molar-refractivity contribution >= 4 is 30.8 Å². The van der Waals surface area contributed by atoms with Crippen molar-refractivity contribution in [2.45, 2.75) is 83.5 Å². The monoisotopic (exact) mass is 444 g/mol. The van der Waals surface area contributed by atoms with Crippen LogP contribution in [0.2, 0.25) is 23.7 Å². The fourth-order valence-electron chi connectivity index (χ4n) is 3.95. The Kier molecular flexibility index (Phi) is 10.1. The first kappa shape index (κ1) is 24.7. The molecule has 2 atom stereocenters. The molecule has 2 aromatic carbocycles. The predicted octanol–water partition coefficient (Wildman–Crippen LogP) is 7.62. The number of hydrogen-bond acceptors (Lipinski definition) is 2. The van der Waals surface area contributed by atoms with Crippen LogP contribution in [0, 0.1) is 0 Å². The molecule has 0 saturated heterocycles. The molecule has 0 amide bonds. The molecule has 0 spiro atoms. The van der Waals surface area contributed by atoms with Gasteiger partial charge in [-0.2, -0.15) is 0 Å². The molecule has 4 heteroatoms. The number of ether oxygens (including phenoxy) is 1. The summed E-state index contributed by atoms with van der Waals surface area (Å²) in [6.45, 7) is 9.28. The molecule has 30 heavy (non-hydrogen) atoms. The zero-order valence-electron chi connectivity index (χ0n) is 19.0. The minimum atomic E-state index is -1.81. The van der Waals surface area contributed by atoms with Gasteiger partial charge in [0, 0.05) is 5.02 Å². The summed E-state index contributed by atoms with van der Waals surface area (Å²) in [4.78, 5) is 12.9. The van der Waals surface area contributed by atoms with Gasteiger partial charge in [-0.25, -0.2) is 4.79 Å². The van der Waals surface area contributed by atoms with Crippen molar-refractivity contribution in [3.63, 3.8) is 0 Å². The largest absolute Gasteiger partial charge is 0.459 e. The Morgan fingerprint density at radius 1 is 0.967 bits per heavy atom. The van der Waals surface area contributed by atoms with Gasteiger partial charge < -0.3 is 4.74 Å². The van der Waals surface area contributed by atoms with Gasteiger partial charge in [-0.05, 0) is 36.6 Å². The first-order valence-corrected chi connectivity index (χ1v) is 14.8. The molecular weight excluding hydrogens is 408 g/mol. The van der Waals surface area contributed by atoms with Crippen molar-refractivity contribution in [3.05, 3.63) is 65.2 Å². The molecule has 0 aliphatic rings. The van der Waals surface area contributed by atoms with E-state index in [1.165, 1.54) is 37.3 Å². The Labute approximate surface area is 189 Å². The minimum Gasteiger partial charge on any atom is -0.459 e. The van der Waals surface area contributed by atoms with Gasteiger partial charge >= 0.3 is 5.97 Å². The smallest absolute Gasteiger partial charge is 0.338 e. The van der Waals surface area contributed by atoms with Crippen LogP contribution < -0.4 is 5.19 Å². The number of unbranched alkanes of at least 4 members (excludes halogenated alkanes) is 5. The third-order valence-corrected chi connectivity index (χ3v) is 11.1. The van der Waals surface area contributed by atoms with Gasteiger partial charge in [0.05, 0.1) is 13.6 Å². The van der Waals surface area contributed by atoms with Crippen LogP contribution in [0.5, 0.6) is 0 Å². The van der Waals surface area contributed by atoms with Crippen molar-refractivity contribution in [3.8, 4) is 0 Å². The van der Waals surface area contributed by atoms with E-state index in [4.69, 9.17) is 16.3 Å². The van der Waals surface area contributed by atoms with Crippen LogP contribution in [-0.2, 0) is 4.74 Å². The fourth-order valence-corrected chi connectivity index (χ4v) is 6.88. The molecule has 0 bridgehead atoms. The summed E-state index contributed by atoms with van der Waals surface area (Å²) in [6.07, 6.45) is 8.25. The number of esters is 1. The maximum absolute atomic E-state index is 12.9. The average Bonchev–Trinajstić information content (AvgIpc) is 2.75. The SMILES string of the molecule is CCCCCCCC[C@H](OC(=O)c1cccc(Cl)c1)[C@H](C)[Si](C)(C)c1ccccc1. The molecule has 2 rings (SSSR count). The summed E-state index contributed by atoms with van der Waals surface area (Å²) >= 11 is 6.08. The molecule has 0 N–H and O–H groups in total. The molecule has 0 radical (unpaired) electrons. The molecule has 0 unspecified atom stereocenters. The van der Waals surface area contributed by atoms with Gasteiger partial charge in [-0.1, -0.05) is 112 Å². The van der Waals surface area contributed by atoms with Crippen LogP contribution >= 0.6 is 11.6 Å². The standard InChI is InChI=1S/C26H37ClO2Si/c1-5-6-7-8-9-13-19-25(29-26(28)22-15-14-16-23(27)20-22)21(2)30(3,4)24-17-11-10-12-18-24/h10-12,14-18,20-21,25H,5-9,13,19H2,1-4H3/t21-,25-/m0/s1. The van der Waals surface area contributed by atoms with Crippen LogP contribution in [-0.4, -0.2) is 20.1 Å². The lowest BCUT2D eigenvalue weighted by molar-refractivity contribution is 0.0263. The van der Waals surface area contributed by atoms with E-state index in [9.17, 15) is 4.79 Å². The van der Waals surface area contributed by atoms with Gasteiger partial charge in [0.2, 0.25) is 0 Å². The number of carbonyl (C=O) groups excluding carboxylic acids is 1. The van der Waals surface area contributed by atoms with Crippen molar-refractivity contribution in [2.24, 2.45) is 0 Å². The van der Waals surface area contributed by atoms with E-state index in [0.29, 0.717) is 16.1 Å². The highest BCUT2D eigenvalue weighted by atomic mass is 35.5. The highest BCUT2D eigenvalue weighted by Gasteiger charge is 2.37. The second-order valence-electron chi connectivity index (χ2n) is 8.89. The second-order valence-corrected chi connectivity index (χ2v) is 14.3. The van der Waals surface area contributed by atoms with Gasteiger partial charge in [-0.15, -0.1) is 0 Å². The maximum Gasteiger partial charge on any atom is 0.338 e. The number of halogens is 1. The van der Waals surface area contributed by atoms with Crippen LogP contribution in [0.3, 0.4) is 0 Å². The van der Waals surface area contributed by atoms with E-state index in [1.807, 2.05) is 0 Å². The summed E-state index contributed by atoms with van der Waals surface area (Å²) in [6, 6.07) is 17.8. The normalized spacial score (nSPS) is 13.6. The molecule has 164 valence electrons. The average molecular weight is 445 g/mol. The topological polar surface area (TPSA) is 26.3 Å². The minimum absolute atomic E-state index is 0.0791. The molecule has 0 fully saturated rings.